The fourth-order valence-corrected chi connectivity index (χ4v) is 2.38. The van der Waals surface area contributed by atoms with Gasteiger partial charge in [0.25, 0.3) is 0 Å². The van der Waals surface area contributed by atoms with E-state index in [9.17, 15) is 0 Å². The van der Waals surface area contributed by atoms with Crippen molar-refractivity contribution in [3.05, 3.63) is 18.8 Å². The maximum Gasteiger partial charge on any atom is 0.193 e. The molecule has 0 aliphatic carbocycles. The Kier molecular flexibility index (Phi) is 2.90. The Morgan fingerprint density at radius 3 is 2.44 bits per heavy atom. The zero-order valence-electron chi connectivity index (χ0n) is 4.11. The van der Waals surface area contributed by atoms with E-state index in [1.54, 1.807) is 6.07 Å². The van der Waals surface area contributed by atoms with E-state index in [-0.39, 0.29) is 0 Å². The number of halogens is 3. The van der Waals surface area contributed by atoms with Gasteiger partial charge in [0.15, 0.2) is 3.83 Å². The van der Waals surface area contributed by atoms with E-state index in [1.165, 1.54) is 0 Å². The fourth-order valence-electron chi connectivity index (χ4n) is 0.364. The second kappa shape index (κ2) is 3.29. The van der Waals surface area contributed by atoms with Gasteiger partial charge in [0, 0.05) is 28.7 Å². The first-order valence-corrected chi connectivity index (χ1v) is 4.57. The van der Waals surface area contributed by atoms with E-state index in [0.717, 1.165) is 3.70 Å². The molecule has 1 aromatic rings. The summed E-state index contributed by atoms with van der Waals surface area (Å²) in [7, 11) is 0. The van der Waals surface area contributed by atoms with Crippen LogP contribution in [0.15, 0.2) is 6.07 Å². The molecule has 0 bridgehead atoms. The first-order chi connectivity index (χ1) is 4.18. The van der Waals surface area contributed by atoms with Crippen molar-refractivity contribution in [3.63, 3.8) is 0 Å². The van der Waals surface area contributed by atoms with Gasteiger partial charge in [0.1, 0.15) is 8.85 Å². The smallest absolute Gasteiger partial charge is 0.193 e. The van der Waals surface area contributed by atoms with Crippen LogP contribution in [-0.4, -0.2) is 9.97 Å². The van der Waals surface area contributed by atoms with E-state index in [1.807, 2.05) is 22.6 Å². The van der Waals surface area contributed by atoms with Crippen molar-refractivity contribution in [1.29, 1.82) is 0 Å². The summed E-state index contributed by atoms with van der Waals surface area (Å²) in [5, 5.41) is 0.499. The van der Waals surface area contributed by atoms with Crippen LogP contribution in [0.4, 0.5) is 0 Å². The molecular formula is C4HClI2N2. The number of hydrogen-bond acceptors (Lipinski definition) is 2. The number of rotatable bonds is 0. The van der Waals surface area contributed by atoms with E-state index >= 15 is 0 Å². The molecule has 0 spiro atoms. The monoisotopic (exact) mass is 366 g/mol. The quantitative estimate of drug-likeness (QED) is 0.400. The van der Waals surface area contributed by atoms with Gasteiger partial charge in [0.05, 0.1) is 0 Å². The van der Waals surface area contributed by atoms with Gasteiger partial charge in [-0.25, -0.2) is 9.97 Å². The van der Waals surface area contributed by atoms with Crippen molar-refractivity contribution in [2.75, 3.05) is 0 Å². The van der Waals surface area contributed by atoms with Gasteiger partial charge in [-0.1, -0.05) is 11.6 Å². The second-order valence-corrected chi connectivity index (χ2v) is 3.74. The minimum Gasteiger partial charge on any atom is -0.217 e. The molecule has 0 radical (unpaired) electrons. The summed E-state index contributed by atoms with van der Waals surface area (Å²) in [6.07, 6.45) is 0. The first kappa shape index (κ1) is 7.93. The highest BCUT2D eigenvalue weighted by Crippen LogP contribution is 2.09. The SMILES string of the molecule is Clc1cc(I)nc(I)n1. The molecule has 2 nitrogen and oxygen atoms in total. The van der Waals surface area contributed by atoms with Crippen molar-refractivity contribution in [1.82, 2.24) is 9.97 Å². The lowest BCUT2D eigenvalue weighted by molar-refractivity contribution is 1.08. The number of hydrogen-bond donors (Lipinski definition) is 0. The van der Waals surface area contributed by atoms with Crippen molar-refractivity contribution >= 4 is 56.8 Å². The highest BCUT2D eigenvalue weighted by Gasteiger charge is 1.94. The van der Waals surface area contributed by atoms with Gasteiger partial charge in [-0.2, -0.15) is 0 Å². The van der Waals surface area contributed by atoms with E-state index < -0.39 is 0 Å². The van der Waals surface area contributed by atoms with Gasteiger partial charge in [-0.3, -0.25) is 0 Å². The highest BCUT2D eigenvalue weighted by molar-refractivity contribution is 14.1. The van der Waals surface area contributed by atoms with E-state index in [0.29, 0.717) is 8.98 Å². The zero-order chi connectivity index (χ0) is 6.85. The Labute approximate surface area is 84.7 Å². The van der Waals surface area contributed by atoms with Crippen LogP contribution in [0.5, 0.6) is 0 Å². The second-order valence-electron chi connectivity index (χ2n) is 1.28. The average molecular weight is 366 g/mol. The standard InChI is InChI=1S/C4HClI2N2/c5-2-1-3(6)9-4(7)8-2/h1H. The largest absolute Gasteiger partial charge is 0.217 e. The van der Waals surface area contributed by atoms with E-state index in [2.05, 4.69) is 32.6 Å². The normalized spacial score (nSPS) is 9.67. The molecular weight excluding hydrogens is 365 g/mol. The Balaban J connectivity index is 3.17. The van der Waals surface area contributed by atoms with Crippen LogP contribution in [0.3, 0.4) is 0 Å². The Morgan fingerprint density at radius 1 is 1.33 bits per heavy atom. The third kappa shape index (κ3) is 2.50. The number of nitrogens with zero attached hydrogens (tertiary/aromatic N) is 2. The molecule has 0 aliphatic heterocycles. The third-order valence-corrected chi connectivity index (χ3v) is 1.87. The summed E-state index contributed by atoms with van der Waals surface area (Å²) < 4.78 is 1.56. The van der Waals surface area contributed by atoms with Gasteiger partial charge in [-0.05, 0) is 22.6 Å². The van der Waals surface area contributed by atoms with Crippen LogP contribution in [0.1, 0.15) is 0 Å². The summed E-state index contributed by atoms with van der Waals surface area (Å²) in [5.74, 6) is 0. The van der Waals surface area contributed by atoms with Gasteiger partial charge >= 0.3 is 0 Å². The molecule has 0 saturated heterocycles. The predicted octanol–water partition coefficient (Wildman–Crippen LogP) is 2.34. The molecule has 1 aromatic heterocycles. The summed E-state index contributed by atoms with van der Waals surface area (Å²) in [5.41, 5.74) is 0. The maximum atomic E-state index is 5.59. The molecule has 1 heterocycles. The van der Waals surface area contributed by atoms with Gasteiger partial charge < -0.3 is 0 Å². The molecule has 0 atom stereocenters. The molecule has 0 amide bonds. The fraction of sp³-hybridized carbons (Fsp3) is 0. The Bertz CT molecular complexity index is 177. The van der Waals surface area contributed by atoms with Gasteiger partial charge in [0.2, 0.25) is 0 Å². The van der Waals surface area contributed by atoms with Crippen molar-refractivity contribution in [3.8, 4) is 0 Å². The molecule has 0 aromatic carbocycles. The van der Waals surface area contributed by atoms with Crippen LogP contribution in [0.2, 0.25) is 5.15 Å². The lowest BCUT2D eigenvalue weighted by atomic mass is 10.7. The van der Waals surface area contributed by atoms with Crippen molar-refractivity contribution in [2.45, 2.75) is 0 Å². The summed E-state index contributed by atoms with van der Waals surface area (Å²) in [6, 6.07) is 1.71. The molecule has 5 heteroatoms. The van der Waals surface area contributed by atoms with Crippen LogP contribution in [-0.2, 0) is 0 Å². The Morgan fingerprint density at radius 2 is 2.00 bits per heavy atom. The maximum absolute atomic E-state index is 5.59. The average Bonchev–Trinajstić information content (AvgIpc) is 1.59. The molecule has 9 heavy (non-hydrogen) atoms. The molecule has 0 N–H and O–H groups in total. The summed E-state index contributed by atoms with van der Waals surface area (Å²) in [4.78, 5) is 7.88. The molecule has 48 valence electrons. The predicted molar refractivity (Wildman–Crippen MR) is 52.5 cm³/mol. The Hall–Kier alpha value is 0.830. The summed E-state index contributed by atoms with van der Waals surface area (Å²) in [6.45, 7) is 0. The van der Waals surface area contributed by atoms with Crippen LogP contribution in [0.25, 0.3) is 0 Å². The molecule has 0 aliphatic rings. The molecule has 0 saturated carbocycles. The minimum absolute atomic E-state index is 0.499. The lowest BCUT2D eigenvalue weighted by Gasteiger charge is -1.90. The zero-order valence-corrected chi connectivity index (χ0v) is 9.18. The third-order valence-electron chi connectivity index (χ3n) is 0.636. The molecule has 0 fully saturated rings. The van der Waals surface area contributed by atoms with Crippen LogP contribution >= 0.6 is 56.8 Å². The van der Waals surface area contributed by atoms with Crippen molar-refractivity contribution in [2.24, 2.45) is 0 Å². The van der Waals surface area contributed by atoms with Crippen LogP contribution in [0, 0.1) is 7.53 Å². The highest BCUT2D eigenvalue weighted by atomic mass is 127. The van der Waals surface area contributed by atoms with Crippen LogP contribution < -0.4 is 0 Å². The van der Waals surface area contributed by atoms with Crippen molar-refractivity contribution < 1.29 is 0 Å². The van der Waals surface area contributed by atoms with E-state index in [4.69, 9.17) is 11.6 Å². The summed E-state index contributed by atoms with van der Waals surface area (Å²) >= 11 is 9.70. The topological polar surface area (TPSA) is 25.8 Å². The molecule has 1 rings (SSSR count). The number of aromatic nitrogens is 2. The van der Waals surface area contributed by atoms with Gasteiger partial charge in [-0.15, -0.1) is 0 Å². The first-order valence-electron chi connectivity index (χ1n) is 2.04. The minimum atomic E-state index is 0.499. The lowest BCUT2D eigenvalue weighted by Crippen LogP contribution is -1.88. The molecule has 0 unspecified atom stereocenters.